The fourth-order valence-corrected chi connectivity index (χ4v) is 7.13. The van der Waals surface area contributed by atoms with Gasteiger partial charge in [-0.3, -0.25) is 24.7 Å². The molecule has 1 unspecified atom stereocenters. The summed E-state index contributed by atoms with van der Waals surface area (Å²) >= 11 is 6.14. The van der Waals surface area contributed by atoms with E-state index in [-0.39, 0.29) is 53.3 Å². The van der Waals surface area contributed by atoms with Crippen molar-refractivity contribution in [2.45, 2.75) is 56.5 Å². The summed E-state index contributed by atoms with van der Waals surface area (Å²) in [5.74, 6) is -1.66. The van der Waals surface area contributed by atoms with E-state index in [4.69, 9.17) is 16.3 Å². The summed E-state index contributed by atoms with van der Waals surface area (Å²) < 4.78 is 21.2. The minimum atomic E-state index is -1.38. The third kappa shape index (κ3) is 5.37. The zero-order valence-corrected chi connectivity index (χ0v) is 25.1. The Balaban J connectivity index is 1.26. The molecule has 1 aromatic heterocycles. The number of allylic oxidation sites excluding steroid dienone is 1. The van der Waals surface area contributed by atoms with Gasteiger partial charge in [0.05, 0.1) is 34.4 Å². The summed E-state index contributed by atoms with van der Waals surface area (Å²) in [6.45, 7) is 0.379. The molecule has 9 nitrogen and oxygen atoms in total. The van der Waals surface area contributed by atoms with E-state index in [0.717, 1.165) is 22.3 Å². The number of hydrogen-bond acceptors (Lipinski definition) is 6. The lowest BCUT2D eigenvalue weighted by atomic mass is 9.82. The minimum Gasteiger partial charge on any atom is -0.436 e. The van der Waals surface area contributed by atoms with Gasteiger partial charge in [0.1, 0.15) is 0 Å². The summed E-state index contributed by atoms with van der Waals surface area (Å²) in [4.78, 5) is 58.3. The number of hydrogen-bond donors (Lipinski definition) is 2. The number of amides is 3. The van der Waals surface area contributed by atoms with E-state index < -0.39 is 23.4 Å². The average molecular weight is 629 g/mol. The van der Waals surface area contributed by atoms with Gasteiger partial charge in [0.15, 0.2) is 17.2 Å². The van der Waals surface area contributed by atoms with Crippen molar-refractivity contribution in [2.75, 3.05) is 23.7 Å². The van der Waals surface area contributed by atoms with Gasteiger partial charge in [-0.25, -0.2) is 9.18 Å². The normalized spacial score (nSPS) is 22.6. The summed E-state index contributed by atoms with van der Waals surface area (Å²) in [5.41, 5.74) is 3.49. The second-order valence-electron chi connectivity index (χ2n) is 12.0. The highest BCUT2D eigenvalue weighted by atomic mass is 35.5. The predicted molar refractivity (Wildman–Crippen MR) is 166 cm³/mol. The van der Waals surface area contributed by atoms with Gasteiger partial charge < -0.3 is 15.0 Å². The molecular weight excluding hydrogens is 599 g/mol. The van der Waals surface area contributed by atoms with Gasteiger partial charge in [-0.2, -0.15) is 0 Å². The number of aromatic nitrogens is 1. The Morgan fingerprint density at radius 2 is 1.91 bits per heavy atom. The van der Waals surface area contributed by atoms with E-state index in [2.05, 4.69) is 15.6 Å². The third-order valence-electron chi connectivity index (χ3n) is 9.10. The second kappa shape index (κ2) is 11.4. The molecule has 1 spiro atoms. The number of piperidine rings is 1. The Morgan fingerprint density at radius 3 is 2.78 bits per heavy atom. The molecule has 2 atom stereocenters. The Kier molecular flexibility index (Phi) is 7.40. The van der Waals surface area contributed by atoms with Gasteiger partial charge in [-0.05, 0) is 84.8 Å². The maximum Gasteiger partial charge on any atom is 0.412 e. The molecular formula is C34H30ClFN4O5. The molecule has 0 saturated carbocycles. The van der Waals surface area contributed by atoms with E-state index in [9.17, 15) is 19.2 Å². The summed E-state index contributed by atoms with van der Waals surface area (Å²) in [6.07, 6.45) is 7.23. The largest absolute Gasteiger partial charge is 0.436 e. The van der Waals surface area contributed by atoms with Crippen LogP contribution in [0.1, 0.15) is 66.8 Å². The van der Waals surface area contributed by atoms with Crippen LogP contribution in [-0.2, 0) is 31.1 Å². The number of nitrogens with one attached hydrogen (secondary N) is 2. The molecule has 230 valence electrons. The molecule has 1 fully saturated rings. The topological polar surface area (TPSA) is 118 Å². The average Bonchev–Trinajstić information content (AvgIpc) is 3.01. The number of ether oxygens (including phenoxy) is 1. The number of ketones is 1. The molecule has 45 heavy (non-hydrogen) atoms. The van der Waals surface area contributed by atoms with Crippen LogP contribution in [0, 0.1) is 5.82 Å². The van der Waals surface area contributed by atoms with Crippen molar-refractivity contribution in [1.29, 1.82) is 0 Å². The molecule has 2 bridgehead atoms. The molecule has 11 heteroatoms. The number of carbonyl (C=O) groups excluding carboxylic acids is 4. The molecule has 2 N–H and O–H groups in total. The molecule has 2 aromatic carbocycles. The first-order valence-electron chi connectivity index (χ1n) is 15.1. The highest BCUT2D eigenvalue weighted by Crippen LogP contribution is 2.46. The van der Waals surface area contributed by atoms with Crippen LogP contribution in [0.4, 0.5) is 20.6 Å². The van der Waals surface area contributed by atoms with Crippen LogP contribution in [0.2, 0.25) is 5.02 Å². The number of carbonyl (C=O) groups is 4. The highest BCUT2D eigenvalue weighted by molar-refractivity contribution is 6.31. The number of fused-ring (bicyclic) bond motifs is 7. The first-order valence-corrected chi connectivity index (χ1v) is 15.5. The zero-order chi connectivity index (χ0) is 31.3. The molecule has 1 saturated heterocycles. The van der Waals surface area contributed by atoms with Crippen LogP contribution in [0.25, 0.3) is 17.2 Å². The number of halogens is 2. The van der Waals surface area contributed by atoms with Crippen molar-refractivity contribution >= 4 is 52.7 Å². The van der Waals surface area contributed by atoms with Gasteiger partial charge in [0.2, 0.25) is 11.8 Å². The minimum absolute atomic E-state index is 0.00237. The number of anilines is 2. The van der Waals surface area contributed by atoms with E-state index in [1.807, 2.05) is 24.3 Å². The van der Waals surface area contributed by atoms with Crippen LogP contribution < -0.4 is 10.6 Å². The fraction of sp³-hybridized carbons (Fsp3) is 0.324. The van der Waals surface area contributed by atoms with Crippen LogP contribution in [0.5, 0.6) is 0 Å². The zero-order valence-electron chi connectivity index (χ0n) is 24.3. The highest BCUT2D eigenvalue weighted by Gasteiger charge is 2.49. The van der Waals surface area contributed by atoms with Crippen molar-refractivity contribution in [3.05, 3.63) is 81.9 Å². The van der Waals surface area contributed by atoms with Crippen LogP contribution in [0.15, 0.2) is 48.7 Å². The van der Waals surface area contributed by atoms with Gasteiger partial charge in [0.25, 0.3) is 0 Å². The van der Waals surface area contributed by atoms with E-state index in [1.54, 1.807) is 29.3 Å². The van der Waals surface area contributed by atoms with Gasteiger partial charge in [0, 0.05) is 36.8 Å². The van der Waals surface area contributed by atoms with Gasteiger partial charge in [-0.1, -0.05) is 24.1 Å². The number of likely N-dealkylation sites (tertiary alicyclic amines) is 1. The Labute approximate surface area is 263 Å². The smallest absolute Gasteiger partial charge is 0.412 e. The summed E-state index contributed by atoms with van der Waals surface area (Å²) in [7, 11) is 0. The third-order valence-corrected chi connectivity index (χ3v) is 9.39. The molecule has 3 amide bonds. The number of benzene rings is 2. The van der Waals surface area contributed by atoms with Crippen molar-refractivity contribution < 1.29 is 28.3 Å². The van der Waals surface area contributed by atoms with Gasteiger partial charge in [-0.15, -0.1) is 0 Å². The first-order chi connectivity index (χ1) is 21.7. The lowest BCUT2D eigenvalue weighted by Crippen LogP contribution is -2.54. The fourth-order valence-electron chi connectivity index (χ4n) is 6.97. The number of rotatable bonds is 1. The van der Waals surface area contributed by atoms with E-state index >= 15 is 4.39 Å². The number of nitrogens with zero attached hydrogens (tertiary/aromatic N) is 2. The first kappa shape index (κ1) is 29.2. The molecule has 3 aliphatic heterocycles. The Morgan fingerprint density at radius 1 is 1.04 bits per heavy atom. The second-order valence-corrected chi connectivity index (χ2v) is 12.5. The van der Waals surface area contributed by atoms with Crippen molar-refractivity contribution in [2.24, 2.45) is 0 Å². The molecule has 1 aliphatic carbocycles. The standard InChI is InChI=1S/C34H30ClFN4O5/c35-25-8-9-26-30(31(25)36)34(45-33(44)39-26)11-3-13-40(18-34)32(43)23-4-1-2-5-29(42)38-28-17-21-14-22(41)7-6-19(21)15-24(28)20-10-12-37-27(23)16-20/h6-10,12,15-17,23H,1-5,11,13-14,18H2,(H,38,42)(H,39,44)/t23?,34-/m0/s1. The monoisotopic (exact) mass is 628 g/mol. The predicted octanol–water partition coefficient (Wildman–Crippen LogP) is 6.36. The van der Waals surface area contributed by atoms with E-state index in [1.165, 1.54) is 6.07 Å². The van der Waals surface area contributed by atoms with Crippen molar-refractivity contribution in [3.8, 4) is 11.1 Å². The maximum absolute atomic E-state index is 15.5. The van der Waals surface area contributed by atoms with Crippen LogP contribution in [0.3, 0.4) is 0 Å². The number of pyridine rings is 1. The van der Waals surface area contributed by atoms with Crippen LogP contribution in [-0.4, -0.2) is 46.7 Å². The molecule has 4 heterocycles. The quantitative estimate of drug-likeness (QED) is 0.324. The van der Waals surface area contributed by atoms with E-state index in [0.29, 0.717) is 50.0 Å². The lowest BCUT2D eigenvalue weighted by molar-refractivity contribution is -0.141. The summed E-state index contributed by atoms with van der Waals surface area (Å²) in [5, 5.41) is 5.50. The molecule has 4 aliphatic rings. The molecule has 0 radical (unpaired) electrons. The molecule has 3 aromatic rings. The maximum atomic E-state index is 15.5. The van der Waals surface area contributed by atoms with Crippen LogP contribution >= 0.6 is 11.6 Å². The Bertz CT molecular complexity index is 1810. The molecule has 7 rings (SSSR count). The lowest BCUT2D eigenvalue weighted by Gasteiger charge is -2.45. The Hall–Kier alpha value is -4.57. The SMILES string of the molecule is O=C1C=Cc2cc3c(cc2C1)NC(=O)CCCCC(C(=O)N1CCC[C@@]2(C1)OC(=O)Nc1ccc(Cl)c(F)c12)c1cc-3ccn1. The van der Waals surface area contributed by atoms with Gasteiger partial charge >= 0.3 is 6.09 Å². The summed E-state index contributed by atoms with van der Waals surface area (Å²) in [6, 6.07) is 10.4. The van der Waals surface area contributed by atoms with Crippen molar-refractivity contribution in [3.63, 3.8) is 0 Å². The van der Waals surface area contributed by atoms with Crippen molar-refractivity contribution in [1.82, 2.24) is 9.88 Å².